The van der Waals surface area contributed by atoms with E-state index >= 15 is 0 Å². The summed E-state index contributed by atoms with van der Waals surface area (Å²) in [6.07, 6.45) is 11.1. The minimum atomic E-state index is -1.13. The van der Waals surface area contributed by atoms with Gasteiger partial charge in [-0.25, -0.2) is 14.4 Å². The van der Waals surface area contributed by atoms with Crippen LogP contribution >= 0.6 is 0 Å². The number of hydrogen-bond donors (Lipinski definition) is 0. The quantitative estimate of drug-likeness (QED) is 0.0847. The molecule has 5 aliphatic rings. The fraction of sp³-hybridized carbons (Fsp3) is 0.582. The zero-order valence-electron chi connectivity index (χ0n) is 38.4. The number of allylic oxidation sites excluding steroid dienone is 1. The molecule has 8 heteroatoms. The molecule has 0 N–H and O–H groups in total. The molecule has 4 fully saturated rings. The summed E-state index contributed by atoms with van der Waals surface area (Å²) in [5.41, 5.74) is 3.07. The molecule has 0 unspecified atom stereocenters. The van der Waals surface area contributed by atoms with Crippen molar-refractivity contribution in [2.45, 2.75) is 143 Å². The first kappa shape index (κ1) is 45.3. The van der Waals surface area contributed by atoms with Crippen LogP contribution in [0.25, 0.3) is 0 Å². The average Bonchev–Trinajstić information content (AvgIpc) is 3.82. The van der Waals surface area contributed by atoms with Crippen molar-refractivity contribution >= 4 is 17.9 Å². The van der Waals surface area contributed by atoms with E-state index in [1.54, 1.807) is 72.8 Å². The molecule has 13 atom stereocenters. The van der Waals surface area contributed by atoms with Gasteiger partial charge >= 0.3 is 17.9 Å². The molecule has 3 aromatic rings. The maximum Gasteiger partial charge on any atom is 0.338 e. The van der Waals surface area contributed by atoms with E-state index in [9.17, 15) is 14.4 Å². The van der Waals surface area contributed by atoms with Gasteiger partial charge in [-0.2, -0.15) is 0 Å². The lowest BCUT2D eigenvalue weighted by molar-refractivity contribution is -0.200. The highest BCUT2D eigenvalue weighted by molar-refractivity contribution is 5.91. The van der Waals surface area contributed by atoms with Crippen LogP contribution in [0.4, 0.5) is 0 Å². The Bertz CT molecular complexity index is 2050. The molecule has 4 aliphatic carbocycles. The third-order valence-corrected chi connectivity index (χ3v) is 16.8. The van der Waals surface area contributed by atoms with Gasteiger partial charge in [-0.15, -0.1) is 0 Å². The van der Waals surface area contributed by atoms with Crippen molar-refractivity contribution in [1.29, 1.82) is 0 Å². The summed E-state index contributed by atoms with van der Waals surface area (Å²) in [5, 5.41) is 0. The van der Waals surface area contributed by atoms with Crippen LogP contribution in [0.15, 0.2) is 103 Å². The first-order valence-electron chi connectivity index (χ1n) is 24.1. The number of ether oxygens (including phenoxy) is 5. The molecule has 3 saturated carbocycles. The van der Waals surface area contributed by atoms with Crippen LogP contribution in [0, 0.1) is 52.3 Å². The molecule has 0 bridgehead atoms. The highest BCUT2D eigenvalue weighted by Crippen LogP contribution is 2.67. The topological polar surface area (TPSA) is 97.4 Å². The van der Waals surface area contributed by atoms with E-state index in [-0.39, 0.29) is 18.1 Å². The second kappa shape index (κ2) is 19.5. The Kier molecular flexibility index (Phi) is 14.0. The molecule has 1 aliphatic heterocycles. The third kappa shape index (κ3) is 9.45. The first-order valence-corrected chi connectivity index (χ1v) is 24.1. The normalized spacial score (nSPS) is 33.3. The number of fused-ring (bicyclic) bond motifs is 5. The van der Waals surface area contributed by atoms with Crippen LogP contribution in [0.5, 0.6) is 0 Å². The van der Waals surface area contributed by atoms with Gasteiger partial charge in [0.25, 0.3) is 0 Å². The van der Waals surface area contributed by atoms with Gasteiger partial charge in [0.15, 0.2) is 18.5 Å². The number of hydrogen-bond acceptors (Lipinski definition) is 8. The van der Waals surface area contributed by atoms with Crippen molar-refractivity contribution in [1.82, 2.24) is 0 Å². The van der Waals surface area contributed by atoms with E-state index in [4.69, 9.17) is 23.7 Å². The number of carbonyl (C=O) groups excluding carboxylic acids is 3. The van der Waals surface area contributed by atoms with Gasteiger partial charge in [0.1, 0.15) is 12.7 Å². The molecule has 338 valence electrons. The van der Waals surface area contributed by atoms with E-state index in [2.05, 4.69) is 47.6 Å². The smallest absolute Gasteiger partial charge is 0.338 e. The van der Waals surface area contributed by atoms with E-state index in [1.165, 1.54) is 50.5 Å². The van der Waals surface area contributed by atoms with Crippen molar-refractivity contribution in [2.24, 2.45) is 52.3 Å². The van der Waals surface area contributed by atoms with Crippen molar-refractivity contribution in [3.63, 3.8) is 0 Å². The molecule has 0 aromatic heterocycles. The Morgan fingerprint density at radius 1 is 0.714 bits per heavy atom. The summed E-state index contributed by atoms with van der Waals surface area (Å²) in [4.78, 5) is 40.6. The molecule has 0 amide bonds. The zero-order chi connectivity index (χ0) is 44.3. The van der Waals surface area contributed by atoms with Gasteiger partial charge in [0, 0.05) is 0 Å². The maximum absolute atomic E-state index is 13.7. The monoisotopic (exact) mass is 859 g/mol. The molecule has 8 nitrogen and oxygen atoms in total. The number of benzene rings is 3. The Balaban J connectivity index is 0.996. The van der Waals surface area contributed by atoms with Crippen LogP contribution in [0.2, 0.25) is 0 Å². The van der Waals surface area contributed by atoms with Gasteiger partial charge in [0.05, 0.1) is 22.8 Å². The second-order valence-electron chi connectivity index (χ2n) is 20.4. The summed E-state index contributed by atoms with van der Waals surface area (Å²) in [7, 11) is 0. The number of carbonyl (C=O) groups is 3. The van der Waals surface area contributed by atoms with Gasteiger partial charge in [-0.3, -0.25) is 0 Å². The molecular formula is C55H70O8. The maximum atomic E-state index is 13.7. The molecule has 63 heavy (non-hydrogen) atoms. The van der Waals surface area contributed by atoms with Crippen LogP contribution in [-0.2, 0) is 23.7 Å². The van der Waals surface area contributed by atoms with Crippen LogP contribution in [-0.4, -0.2) is 55.2 Å². The Labute approximate surface area is 375 Å². The minimum Gasteiger partial charge on any atom is -0.459 e. The van der Waals surface area contributed by atoms with Gasteiger partial charge in [-0.1, -0.05) is 121 Å². The van der Waals surface area contributed by atoms with E-state index in [0.717, 1.165) is 55.3 Å². The van der Waals surface area contributed by atoms with Crippen molar-refractivity contribution < 1.29 is 38.1 Å². The highest BCUT2D eigenvalue weighted by atomic mass is 16.7. The summed E-state index contributed by atoms with van der Waals surface area (Å²) in [6, 6.07) is 26.1. The fourth-order valence-electron chi connectivity index (χ4n) is 13.1. The van der Waals surface area contributed by atoms with E-state index in [1.807, 2.05) is 18.2 Å². The lowest BCUT2D eigenvalue weighted by Crippen LogP contribution is -2.51. The summed E-state index contributed by atoms with van der Waals surface area (Å²) in [5.74, 6) is 3.57. The number of rotatable bonds is 15. The Hall–Kier alpha value is -4.27. The summed E-state index contributed by atoms with van der Waals surface area (Å²) in [6.45, 7) is 14.7. The van der Waals surface area contributed by atoms with Crippen molar-refractivity contribution in [3.05, 3.63) is 119 Å². The van der Waals surface area contributed by atoms with E-state index in [0.29, 0.717) is 33.9 Å². The third-order valence-electron chi connectivity index (χ3n) is 16.8. The molecule has 0 radical (unpaired) electrons. The minimum absolute atomic E-state index is 0.108. The lowest BCUT2D eigenvalue weighted by Gasteiger charge is -2.58. The first-order chi connectivity index (χ1) is 30.4. The van der Waals surface area contributed by atoms with Gasteiger partial charge < -0.3 is 23.7 Å². The summed E-state index contributed by atoms with van der Waals surface area (Å²) >= 11 is 0. The molecular weight excluding hydrogens is 789 g/mol. The standard InChI is InChI=1S/C55H70O8/c1-7-37(35(2)3)24-23-36(4)44-27-28-45-43-26-25-41-33-42(29-31-54(41,5)46(43)30-32-55(44,45)6)60-53-49(63-52(58)40-21-15-10-16-22-40)48(62-51(57)39-19-13-9-14-20-39)47(61-53)34-59-50(56)38-17-11-8-12-18-38/h8-22,25,35-37,42-49,53H,7,23-24,26-34H2,1-6H3/t36-,37-,42+,43+,44-,45+,46+,47-,48-,49-,53-,54+,55-/m1/s1. The average molecular weight is 859 g/mol. The van der Waals surface area contributed by atoms with Crippen LogP contribution < -0.4 is 0 Å². The predicted octanol–water partition coefficient (Wildman–Crippen LogP) is 12.1. The fourth-order valence-corrected chi connectivity index (χ4v) is 13.1. The predicted molar refractivity (Wildman–Crippen MR) is 244 cm³/mol. The van der Waals surface area contributed by atoms with Crippen molar-refractivity contribution in [3.8, 4) is 0 Å². The molecule has 0 spiro atoms. The van der Waals surface area contributed by atoms with Gasteiger partial charge in [0.2, 0.25) is 0 Å². The zero-order valence-corrected chi connectivity index (χ0v) is 38.4. The molecule has 8 rings (SSSR count). The SMILES string of the molecule is CC[C@H](CC[C@@H](C)[C@H]1CC[C@H]2[C@@H]3CC=C4C[C@@H](O[C@@H]5O[C@H](COC(=O)c6ccccc6)[C@@H](OC(=O)c6ccccc6)[C@H]5OC(=O)c5ccccc5)CC[C@]4(C)[C@H]3CC[C@]12C)C(C)C. The Morgan fingerprint density at radius 2 is 1.32 bits per heavy atom. The Morgan fingerprint density at radius 3 is 1.92 bits per heavy atom. The van der Waals surface area contributed by atoms with E-state index < -0.39 is 42.5 Å². The van der Waals surface area contributed by atoms with Crippen LogP contribution in [0.3, 0.4) is 0 Å². The van der Waals surface area contributed by atoms with Crippen molar-refractivity contribution in [2.75, 3.05) is 6.61 Å². The highest BCUT2D eigenvalue weighted by Gasteiger charge is 2.60. The second-order valence-corrected chi connectivity index (χ2v) is 20.4. The largest absolute Gasteiger partial charge is 0.459 e. The lowest BCUT2D eigenvalue weighted by atomic mass is 9.47. The molecule has 3 aromatic carbocycles. The van der Waals surface area contributed by atoms with Crippen LogP contribution in [0.1, 0.15) is 143 Å². The summed E-state index contributed by atoms with van der Waals surface area (Å²) < 4.78 is 31.6. The number of esters is 3. The molecule has 1 heterocycles. The molecule has 1 saturated heterocycles. The van der Waals surface area contributed by atoms with Gasteiger partial charge in [-0.05, 0) is 146 Å².